The van der Waals surface area contributed by atoms with Crippen molar-refractivity contribution in [3.05, 3.63) is 95.8 Å². The molecule has 0 aliphatic carbocycles. The van der Waals surface area contributed by atoms with E-state index >= 15 is 0 Å². The van der Waals surface area contributed by atoms with Crippen LogP contribution in [0, 0.1) is 0 Å². The summed E-state index contributed by atoms with van der Waals surface area (Å²) >= 11 is 0. The van der Waals surface area contributed by atoms with Crippen LogP contribution >= 0.6 is 0 Å². The third kappa shape index (κ3) is 3.17. The van der Waals surface area contributed by atoms with Crippen LogP contribution in [-0.2, 0) is 0 Å². The largest absolute Gasteiger partial charge is 0.508 e. The summed E-state index contributed by atoms with van der Waals surface area (Å²) in [6, 6.07) is 23.5. The Balaban J connectivity index is 1.55. The Morgan fingerprint density at radius 2 is 1.76 bits per heavy atom. The van der Waals surface area contributed by atoms with Crippen LogP contribution in [0.15, 0.2) is 79.1 Å². The Bertz CT molecular complexity index is 1480. The predicted molar refractivity (Wildman–Crippen MR) is 126 cm³/mol. The predicted octanol–water partition coefficient (Wildman–Crippen LogP) is 4.85. The van der Waals surface area contributed by atoms with Gasteiger partial charge in [0.25, 0.3) is 0 Å². The van der Waals surface area contributed by atoms with Gasteiger partial charge in [-0.3, -0.25) is 0 Å². The van der Waals surface area contributed by atoms with Crippen molar-refractivity contribution < 1.29 is 9.84 Å². The van der Waals surface area contributed by atoms with Gasteiger partial charge in [-0.25, -0.2) is 14.5 Å². The second-order valence-electron chi connectivity index (χ2n) is 8.28. The van der Waals surface area contributed by atoms with Crippen LogP contribution in [0.3, 0.4) is 0 Å². The van der Waals surface area contributed by atoms with Crippen LogP contribution in [0.4, 0.5) is 5.69 Å². The SMILES string of the molecule is CN(C)c1ccc(-c2nc3c4c(ncn3n2)Oc2cc(O)ccc2[C@H]4c2ccccc2)cc1. The number of hydrogen-bond donors (Lipinski definition) is 1. The Kier molecular flexibility index (Phi) is 4.29. The summed E-state index contributed by atoms with van der Waals surface area (Å²) in [5.41, 5.74) is 5.62. The topological polar surface area (TPSA) is 75.8 Å². The van der Waals surface area contributed by atoms with Gasteiger partial charge in [0.2, 0.25) is 5.88 Å². The first-order valence-electron chi connectivity index (χ1n) is 10.7. The molecule has 0 fully saturated rings. The van der Waals surface area contributed by atoms with Gasteiger partial charge in [-0.2, -0.15) is 0 Å². The zero-order valence-electron chi connectivity index (χ0n) is 18.2. The second kappa shape index (κ2) is 7.34. The van der Waals surface area contributed by atoms with E-state index in [0.29, 0.717) is 23.1 Å². The van der Waals surface area contributed by atoms with Crippen molar-refractivity contribution in [2.24, 2.45) is 0 Å². The number of benzene rings is 3. The molecule has 0 spiro atoms. The molecule has 162 valence electrons. The summed E-state index contributed by atoms with van der Waals surface area (Å²) in [5, 5.41) is 14.7. The molecular formula is C26H21N5O2. The number of fused-ring (bicyclic) bond motifs is 4. The molecule has 33 heavy (non-hydrogen) atoms. The highest BCUT2D eigenvalue weighted by Gasteiger charge is 2.33. The molecule has 0 bridgehead atoms. The minimum absolute atomic E-state index is 0.149. The molecule has 6 rings (SSSR count). The quantitative estimate of drug-likeness (QED) is 0.428. The van der Waals surface area contributed by atoms with Gasteiger partial charge < -0.3 is 14.7 Å². The molecule has 7 heteroatoms. The lowest BCUT2D eigenvalue weighted by Gasteiger charge is -2.27. The van der Waals surface area contributed by atoms with Crippen molar-refractivity contribution in [1.82, 2.24) is 19.6 Å². The first kappa shape index (κ1) is 19.3. The third-order valence-corrected chi connectivity index (χ3v) is 5.97. The molecule has 0 unspecified atom stereocenters. The second-order valence-corrected chi connectivity index (χ2v) is 8.28. The van der Waals surface area contributed by atoms with Crippen molar-refractivity contribution in [1.29, 1.82) is 0 Å². The highest BCUT2D eigenvalue weighted by atomic mass is 16.5. The average Bonchev–Trinajstić information content (AvgIpc) is 3.28. The maximum atomic E-state index is 10.0. The zero-order chi connectivity index (χ0) is 22.5. The van der Waals surface area contributed by atoms with E-state index in [9.17, 15) is 5.11 Å². The number of hydrogen-bond acceptors (Lipinski definition) is 6. The first-order valence-corrected chi connectivity index (χ1v) is 10.7. The van der Waals surface area contributed by atoms with Crippen LogP contribution in [-0.4, -0.2) is 38.8 Å². The molecule has 0 saturated heterocycles. The van der Waals surface area contributed by atoms with Gasteiger partial charge in [-0.15, -0.1) is 5.10 Å². The van der Waals surface area contributed by atoms with E-state index in [1.807, 2.05) is 62.6 Å². The molecule has 3 aromatic carbocycles. The van der Waals surface area contributed by atoms with Crippen LogP contribution in [0.25, 0.3) is 17.0 Å². The van der Waals surface area contributed by atoms with E-state index in [4.69, 9.17) is 14.8 Å². The standard InChI is InChI=1S/C26H21N5O2/c1-30(2)18-10-8-17(9-11-18)24-28-25-23-22(16-6-4-3-5-7-16)20-13-12-19(32)14-21(20)33-26(23)27-15-31(25)29-24/h3-15,22,32H,1-2H3/t22-/m1/s1. The van der Waals surface area contributed by atoms with Crippen molar-refractivity contribution in [3.8, 4) is 28.8 Å². The van der Waals surface area contributed by atoms with E-state index in [2.05, 4.69) is 22.0 Å². The van der Waals surface area contributed by atoms with Crippen LogP contribution in [0.5, 0.6) is 17.4 Å². The zero-order valence-corrected chi connectivity index (χ0v) is 18.2. The number of phenols is 1. The summed E-state index contributed by atoms with van der Waals surface area (Å²) in [5.74, 6) is 1.67. The average molecular weight is 435 g/mol. The number of aromatic hydroxyl groups is 1. The number of aromatic nitrogens is 4. The van der Waals surface area contributed by atoms with Gasteiger partial charge in [-0.1, -0.05) is 36.4 Å². The van der Waals surface area contributed by atoms with Crippen LogP contribution in [0.2, 0.25) is 0 Å². The number of nitrogens with zero attached hydrogens (tertiary/aromatic N) is 5. The Labute approximate surface area is 190 Å². The molecule has 0 radical (unpaired) electrons. The van der Waals surface area contributed by atoms with Gasteiger partial charge in [0, 0.05) is 42.9 Å². The maximum absolute atomic E-state index is 10.0. The van der Waals surface area contributed by atoms with E-state index < -0.39 is 0 Å². The van der Waals surface area contributed by atoms with Crippen molar-refractivity contribution in [2.45, 2.75) is 5.92 Å². The summed E-state index contributed by atoms with van der Waals surface area (Å²) in [6.07, 6.45) is 1.62. The van der Waals surface area contributed by atoms with E-state index in [-0.39, 0.29) is 11.7 Å². The lowest BCUT2D eigenvalue weighted by molar-refractivity contribution is 0.422. The molecule has 1 N–H and O–H groups in total. The van der Waals surface area contributed by atoms with Gasteiger partial charge >= 0.3 is 0 Å². The van der Waals surface area contributed by atoms with Gasteiger partial charge in [0.1, 0.15) is 17.8 Å². The first-order chi connectivity index (χ1) is 16.1. The normalized spacial score (nSPS) is 14.4. The molecule has 0 saturated carbocycles. The van der Waals surface area contributed by atoms with E-state index in [1.54, 1.807) is 23.0 Å². The van der Waals surface area contributed by atoms with Gasteiger partial charge in [0.05, 0.1) is 5.56 Å². The molecule has 1 atom stereocenters. The van der Waals surface area contributed by atoms with Crippen molar-refractivity contribution in [2.75, 3.05) is 19.0 Å². The minimum atomic E-state index is -0.157. The molecular weight excluding hydrogens is 414 g/mol. The highest BCUT2D eigenvalue weighted by molar-refractivity contribution is 5.69. The maximum Gasteiger partial charge on any atom is 0.228 e. The third-order valence-electron chi connectivity index (χ3n) is 5.97. The fraction of sp³-hybridized carbons (Fsp3) is 0.115. The molecule has 1 aliphatic rings. The number of ether oxygens (including phenoxy) is 1. The Hall–Kier alpha value is -4.39. The highest BCUT2D eigenvalue weighted by Crippen LogP contribution is 2.48. The molecule has 3 heterocycles. The number of anilines is 1. The minimum Gasteiger partial charge on any atom is -0.508 e. The fourth-order valence-corrected chi connectivity index (χ4v) is 4.33. The van der Waals surface area contributed by atoms with Crippen molar-refractivity contribution in [3.63, 3.8) is 0 Å². The lowest BCUT2D eigenvalue weighted by atomic mass is 9.84. The van der Waals surface area contributed by atoms with E-state index in [0.717, 1.165) is 27.9 Å². The molecule has 5 aromatic rings. The molecule has 1 aliphatic heterocycles. The summed E-state index contributed by atoms with van der Waals surface area (Å²) in [7, 11) is 4.02. The summed E-state index contributed by atoms with van der Waals surface area (Å²) in [4.78, 5) is 11.5. The number of rotatable bonds is 3. The Morgan fingerprint density at radius 1 is 0.970 bits per heavy atom. The van der Waals surface area contributed by atoms with Crippen LogP contribution < -0.4 is 9.64 Å². The summed E-state index contributed by atoms with van der Waals surface area (Å²) in [6.45, 7) is 0. The monoisotopic (exact) mass is 435 g/mol. The number of phenolic OH excluding ortho intramolecular Hbond substituents is 1. The van der Waals surface area contributed by atoms with Gasteiger partial charge in [0.15, 0.2) is 11.5 Å². The molecule has 0 amide bonds. The van der Waals surface area contributed by atoms with Gasteiger partial charge in [-0.05, 0) is 35.9 Å². The molecule has 2 aromatic heterocycles. The smallest absolute Gasteiger partial charge is 0.228 e. The van der Waals surface area contributed by atoms with Crippen molar-refractivity contribution >= 4 is 11.3 Å². The lowest BCUT2D eigenvalue weighted by Crippen LogP contribution is -2.14. The fourth-order valence-electron chi connectivity index (χ4n) is 4.33. The van der Waals surface area contributed by atoms with Crippen LogP contribution in [0.1, 0.15) is 22.6 Å². The molecule has 7 nitrogen and oxygen atoms in total. The van der Waals surface area contributed by atoms with E-state index in [1.165, 1.54) is 0 Å². The summed E-state index contributed by atoms with van der Waals surface area (Å²) < 4.78 is 7.82. The Morgan fingerprint density at radius 3 is 2.52 bits per heavy atom.